The third-order valence-corrected chi connectivity index (χ3v) is 4.75. The third kappa shape index (κ3) is 2.92. The zero-order chi connectivity index (χ0) is 14.6. The summed E-state index contributed by atoms with van der Waals surface area (Å²) >= 11 is 0. The number of anilines is 1. The van der Waals surface area contributed by atoms with Crippen LogP contribution in [0.2, 0.25) is 0 Å². The lowest BCUT2D eigenvalue weighted by molar-refractivity contribution is 0.0551. The van der Waals surface area contributed by atoms with Gasteiger partial charge in [-0.3, -0.25) is 4.79 Å². The van der Waals surface area contributed by atoms with Gasteiger partial charge < -0.3 is 10.2 Å². The predicted molar refractivity (Wildman–Crippen MR) is 79.7 cm³/mol. The molecule has 1 aliphatic heterocycles. The van der Waals surface area contributed by atoms with Crippen LogP contribution < -0.4 is 5.32 Å². The minimum atomic E-state index is 0.000888. The van der Waals surface area contributed by atoms with E-state index in [4.69, 9.17) is 0 Å². The summed E-state index contributed by atoms with van der Waals surface area (Å²) in [7, 11) is 1.78. The van der Waals surface area contributed by atoms with Gasteiger partial charge in [-0.05, 0) is 30.4 Å². The first-order valence-corrected chi connectivity index (χ1v) is 7.45. The van der Waals surface area contributed by atoms with Gasteiger partial charge in [0.05, 0.1) is 0 Å². The van der Waals surface area contributed by atoms with Crippen molar-refractivity contribution in [1.82, 2.24) is 15.1 Å². The summed E-state index contributed by atoms with van der Waals surface area (Å²) in [6, 6.07) is 3.52. The molecule has 110 valence electrons. The zero-order valence-electron chi connectivity index (χ0n) is 12.6. The van der Waals surface area contributed by atoms with Crippen molar-refractivity contribution in [2.24, 2.45) is 5.41 Å². The maximum atomic E-state index is 12.4. The largest absolute Gasteiger partial charge is 0.372 e. The van der Waals surface area contributed by atoms with E-state index in [-0.39, 0.29) is 5.91 Å². The Labute approximate surface area is 120 Å². The lowest BCUT2D eigenvalue weighted by Crippen LogP contribution is -2.43. The van der Waals surface area contributed by atoms with E-state index >= 15 is 0 Å². The van der Waals surface area contributed by atoms with Crippen LogP contribution in [0.5, 0.6) is 0 Å². The average Bonchev–Trinajstić information content (AvgIpc) is 2.54. The first-order chi connectivity index (χ1) is 9.64. The highest BCUT2D eigenvalue weighted by Gasteiger charge is 2.33. The lowest BCUT2D eigenvalue weighted by atomic mass is 9.74. The molecule has 1 fully saturated rings. The number of amides is 1. The number of piperidine rings is 1. The summed E-state index contributed by atoms with van der Waals surface area (Å²) < 4.78 is 0. The van der Waals surface area contributed by atoms with Crippen molar-refractivity contribution in [3.63, 3.8) is 0 Å². The molecule has 1 saturated heterocycles. The maximum absolute atomic E-state index is 12.4. The molecule has 1 aliphatic rings. The Kier molecular flexibility index (Phi) is 4.57. The summed E-state index contributed by atoms with van der Waals surface area (Å²) in [4.78, 5) is 14.3. The number of carbonyl (C=O) groups excluding carboxylic acids is 1. The van der Waals surface area contributed by atoms with Gasteiger partial charge in [0.25, 0.3) is 5.91 Å². The zero-order valence-corrected chi connectivity index (χ0v) is 12.6. The van der Waals surface area contributed by atoms with E-state index in [9.17, 15) is 4.79 Å². The van der Waals surface area contributed by atoms with Gasteiger partial charge in [0, 0.05) is 20.1 Å². The smallest absolute Gasteiger partial charge is 0.274 e. The van der Waals surface area contributed by atoms with Crippen LogP contribution in [0.25, 0.3) is 0 Å². The molecule has 2 heterocycles. The van der Waals surface area contributed by atoms with Gasteiger partial charge in [-0.2, -0.15) is 0 Å². The van der Waals surface area contributed by atoms with Gasteiger partial charge in [0.2, 0.25) is 0 Å². The Morgan fingerprint density at radius 3 is 2.35 bits per heavy atom. The van der Waals surface area contributed by atoms with Crippen LogP contribution in [0, 0.1) is 5.41 Å². The van der Waals surface area contributed by atoms with Crippen molar-refractivity contribution in [3.8, 4) is 0 Å². The number of hydrogen-bond acceptors (Lipinski definition) is 4. The topological polar surface area (TPSA) is 58.1 Å². The molecule has 0 unspecified atom stereocenters. The molecule has 0 atom stereocenters. The van der Waals surface area contributed by atoms with Crippen molar-refractivity contribution >= 4 is 11.7 Å². The van der Waals surface area contributed by atoms with Crippen molar-refractivity contribution in [2.45, 2.75) is 39.5 Å². The van der Waals surface area contributed by atoms with E-state index in [1.165, 1.54) is 12.8 Å². The van der Waals surface area contributed by atoms with E-state index in [1.54, 1.807) is 19.2 Å². The third-order valence-electron chi connectivity index (χ3n) is 4.75. The molecule has 0 bridgehead atoms. The van der Waals surface area contributed by atoms with E-state index in [0.29, 0.717) is 16.9 Å². The van der Waals surface area contributed by atoms with Crippen LogP contribution in [0.4, 0.5) is 5.82 Å². The monoisotopic (exact) mass is 276 g/mol. The molecule has 1 aromatic rings. The molecule has 0 aromatic carbocycles. The molecule has 0 saturated carbocycles. The number of hydrogen-bond donors (Lipinski definition) is 1. The molecule has 0 aliphatic carbocycles. The van der Waals surface area contributed by atoms with E-state index in [2.05, 4.69) is 29.4 Å². The van der Waals surface area contributed by atoms with Crippen molar-refractivity contribution in [3.05, 3.63) is 17.8 Å². The molecule has 5 heteroatoms. The van der Waals surface area contributed by atoms with Gasteiger partial charge in [0.1, 0.15) is 5.82 Å². The number of rotatable bonds is 4. The van der Waals surface area contributed by atoms with Gasteiger partial charge in [0.15, 0.2) is 5.69 Å². The van der Waals surface area contributed by atoms with E-state index in [1.807, 2.05) is 4.90 Å². The van der Waals surface area contributed by atoms with Crippen LogP contribution in [0.3, 0.4) is 0 Å². The normalized spacial score (nSPS) is 17.9. The Hall–Kier alpha value is -1.65. The highest BCUT2D eigenvalue weighted by Crippen LogP contribution is 2.38. The summed E-state index contributed by atoms with van der Waals surface area (Å²) in [5.74, 6) is 0.678. The summed E-state index contributed by atoms with van der Waals surface area (Å²) in [6.07, 6.45) is 4.58. The molecule has 1 N–H and O–H groups in total. The van der Waals surface area contributed by atoms with Gasteiger partial charge in [-0.1, -0.05) is 26.7 Å². The number of carbonyl (C=O) groups is 1. The first kappa shape index (κ1) is 14.8. The van der Waals surface area contributed by atoms with E-state index in [0.717, 1.165) is 25.9 Å². The minimum Gasteiger partial charge on any atom is -0.372 e. The summed E-state index contributed by atoms with van der Waals surface area (Å²) in [5, 5.41) is 10.9. The van der Waals surface area contributed by atoms with Gasteiger partial charge in [-0.15, -0.1) is 10.2 Å². The average molecular weight is 276 g/mol. The molecule has 2 rings (SSSR count). The first-order valence-electron chi connectivity index (χ1n) is 7.45. The molecular formula is C15H24N4O. The molecule has 0 spiro atoms. The molecular weight excluding hydrogens is 252 g/mol. The number of likely N-dealkylation sites (tertiary alicyclic amines) is 1. The Morgan fingerprint density at radius 2 is 1.90 bits per heavy atom. The SMILES string of the molecule is CCC1(CC)CCN(C(=O)c2ccc(NC)nn2)CC1. The predicted octanol–water partition coefficient (Wildman–Crippen LogP) is 2.56. The number of nitrogens with one attached hydrogen (secondary N) is 1. The maximum Gasteiger partial charge on any atom is 0.274 e. The van der Waals surface area contributed by atoms with Crippen molar-refractivity contribution in [1.29, 1.82) is 0 Å². The minimum absolute atomic E-state index is 0.000888. The second kappa shape index (κ2) is 6.20. The van der Waals surface area contributed by atoms with Crippen molar-refractivity contribution < 1.29 is 4.79 Å². The highest BCUT2D eigenvalue weighted by atomic mass is 16.2. The van der Waals surface area contributed by atoms with Gasteiger partial charge >= 0.3 is 0 Å². The summed E-state index contributed by atoms with van der Waals surface area (Å²) in [6.45, 7) is 6.16. The fourth-order valence-electron chi connectivity index (χ4n) is 2.88. The Balaban J connectivity index is 2.00. The second-order valence-electron chi connectivity index (χ2n) is 5.55. The van der Waals surface area contributed by atoms with Crippen molar-refractivity contribution in [2.75, 3.05) is 25.5 Å². The van der Waals surface area contributed by atoms with Crippen LogP contribution in [0.15, 0.2) is 12.1 Å². The Bertz CT molecular complexity index is 443. The lowest BCUT2D eigenvalue weighted by Gasteiger charge is -2.40. The van der Waals surface area contributed by atoms with Crippen LogP contribution in [0.1, 0.15) is 50.0 Å². The molecule has 5 nitrogen and oxygen atoms in total. The summed E-state index contributed by atoms with van der Waals surface area (Å²) in [5.41, 5.74) is 0.864. The highest BCUT2D eigenvalue weighted by molar-refractivity contribution is 5.92. The quantitative estimate of drug-likeness (QED) is 0.918. The van der Waals surface area contributed by atoms with E-state index < -0.39 is 0 Å². The fourth-order valence-corrected chi connectivity index (χ4v) is 2.88. The molecule has 20 heavy (non-hydrogen) atoms. The molecule has 1 aromatic heterocycles. The van der Waals surface area contributed by atoms with Crippen LogP contribution in [-0.2, 0) is 0 Å². The van der Waals surface area contributed by atoms with Crippen LogP contribution >= 0.6 is 0 Å². The molecule has 1 amide bonds. The van der Waals surface area contributed by atoms with Gasteiger partial charge in [-0.25, -0.2) is 0 Å². The Morgan fingerprint density at radius 1 is 1.25 bits per heavy atom. The standard InChI is InChI=1S/C15H24N4O/c1-4-15(5-2)8-10-19(11-9-15)14(20)12-6-7-13(16-3)18-17-12/h6-7H,4-5,8-11H2,1-3H3,(H,16,18). The number of aromatic nitrogens is 2. The fraction of sp³-hybridized carbons (Fsp3) is 0.667. The molecule has 0 radical (unpaired) electrons. The second-order valence-corrected chi connectivity index (χ2v) is 5.55. The number of nitrogens with zero attached hydrogens (tertiary/aromatic N) is 3. The van der Waals surface area contributed by atoms with Crippen LogP contribution in [-0.4, -0.2) is 41.1 Å².